The molecule has 3 aliphatic heterocycles. The van der Waals surface area contributed by atoms with Crippen LogP contribution in [-0.4, -0.2) is 109 Å². The van der Waals surface area contributed by atoms with E-state index in [1.54, 1.807) is 4.90 Å². The Morgan fingerprint density at radius 3 is 2.23 bits per heavy atom. The van der Waals surface area contributed by atoms with E-state index in [-0.39, 0.29) is 11.9 Å². The number of likely N-dealkylation sites (tertiary alicyclic amines) is 3. The summed E-state index contributed by atoms with van der Waals surface area (Å²) in [6.07, 6.45) is 7.67. The summed E-state index contributed by atoms with van der Waals surface area (Å²) < 4.78 is 6.08. The van der Waals surface area contributed by atoms with Crippen molar-refractivity contribution in [3.05, 3.63) is 63.7 Å². The molecule has 3 saturated heterocycles. The maximum atomic E-state index is 14.0. The highest BCUT2D eigenvalue weighted by atomic mass is 35.5. The van der Waals surface area contributed by atoms with Crippen LogP contribution in [0.5, 0.6) is 0 Å². The molecule has 0 spiro atoms. The second-order valence-corrected chi connectivity index (χ2v) is 13.9. The second-order valence-electron chi connectivity index (χ2n) is 13.5. The number of rotatable bonds is 11. The zero-order valence-electron chi connectivity index (χ0n) is 28.4. The topological polar surface area (TPSA) is 85.4 Å². The monoisotopic (exact) mass is 665 g/mol. The number of halogens is 1. The van der Waals surface area contributed by atoms with E-state index in [0.29, 0.717) is 63.1 Å². The lowest BCUT2D eigenvalue weighted by atomic mass is 9.98. The van der Waals surface area contributed by atoms with Gasteiger partial charge in [-0.15, -0.1) is 0 Å². The van der Waals surface area contributed by atoms with Gasteiger partial charge in [0.1, 0.15) is 0 Å². The Hall–Kier alpha value is -3.30. The van der Waals surface area contributed by atoms with Crippen LogP contribution in [0.3, 0.4) is 0 Å². The molecule has 0 bridgehead atoms. The molecular weight excluding hydrogens is 614 g/mol. The van der Waals surface area contributed by atoms with Crippen LogP contribution < -0.4 is 5.32 Å². The van der Waals surface area contributed by atoms with Gasteiger partial charge >= 0.3 is 6.09 Å². The molecule has 3 aliphatic rings. The third-order valence-electron chi connectivity index (χ3n) is 10.4. The van der Waals surface area contributed by atoms with Gasteiger partial charge in [-0.3, -0.25) is 9.59 Å². The number of hydrogen-bond acceptors (Lipinski definition) is 6. The third-order valence-corrected chi connectivity index (χ3v) is 11.0. The predicted octanol–water partition coefficient (Wildman–Crippen LogP) is 5.69. The first-order valence-electron chi connectivity index (χ1n) is 17.5. The van der Waals surface area contributed by atoms with Crippen LogP contribution in [0, 0.1) is 13.8 Å². The van der Waals surface area contributed by atoms with Gasteiger partial charge < -0.3 is 29.7 Å². The maximum Gasteiger partial charge on any atom is 0.410 e. The van der Waals surface area contributed by atoms with Crippen molar-refractivity contribution in [2.75, 3.05) is 58.2 Å². The van der Waals surface area contributed by atoms with Crippen molar-refractivity contribution in [2.45, 2.75) is 89.8 Å². The van der Waals surface area contributed by atoms with Gasteiger partial charge in [-0.2, -0.15) is 0 Å². The molecule has 2 aromatic rings. The summed E-state index contributed by atoms with van der Waals surface area (Å²) in [5.41, 5.74) is 5.05. The normalized spacial score (nSPS) is 18.9. The summed E-state index contributed by atoms with van der Waals surface area (Å²) in [5, 5.41) is 3.93. The number of anilines is 1. The summed E-state index contributed by atoms with van der Waals surface area (Å²) >= 11 is 6.44. The Labute approximate surface area is 285 Å². The fraction of sp³-hybridized carbons (Fsp3) is 0.595. The number of nitrogens with zero attached hydrogens (tertiary/aromatic N) is 4. The number of aryl methyl sites for hydroxylation is 2. The molecule has 3 amide bonds. The van der Waals surface area contributed by atoms with E-state index < -0.39 is 12.2 Å². The molecule has 0 saturated carbocycles. The lowest BCUT2D eigenvalue weighted by Gasteiger charge is -2.41. The number of nitrogens with one attached hydrogen (secondary N) is 1. The smallest absolute Gasteiger partial charge is 0.410 e. The maximum absolute atomic E-state index is 14.0. The zero-order valence-corrected chi connectivity index (χ0v) is 29.1. The minimum atomic E-state index is -0.912. The van der Waals surface area contributed by atoms with Gasteiger partial charge in [-0.1, -0.05) is 48.4 Å². The lowest BCUT2D eigenvalue weighted by Crippen LogP contribution is -2.52. The van der Waals surface area contributed by atoms with Gasteiger partial charge in [0, 0.05) is 69.0 Å². The number of piperidine rings is 3. The molecule has 5 rings (SSSR count). The van der Waals surface area contributed by atoms with Crippen LogP contribution in [0.25, 0.3) is 0 Å². The highest BCUT2D eigenvalue weighted by Gasteiger charge is 2.35. The average Bonchev–Trinajstić information content (AvgIpc) is 3.11. The summed E-state index contributed by atoms with van der Waals surface area (Å²) in [6, 6.07) is 12.7. The largest absolute Gasteiger partial charge is 0.436 e. The predicted molar refractivity (Wildman–Crippen MR) is 187 cm³/mol. The van der Waals surface area contributed by atoms with E-state index >= 15 is 0 Å². The van der Waals surface area contributed by atoms with Crippen molar-refractivity contribution in [3.8, 4) is 0 Å². The average molecular weight is 666 g/mol. The van der Waals surface area contributed by atoms with Gasteiger partial charge in [0.05, 0.1) is 0 Å². The quantitative estimate of drug-likeness (QED) is 0.311. The molecule has 9 nitrogen and oxygen atoms in total. The van der Waals surface area contributed by atoms with Gasteiger partial charge in [0.25, 0.3) is 5.91 Å². The van der Waals surface area contributed by atoms with E-state index in [9.17, 15) is 14.4 Å². The molecular formula is C37H52ClN5O4. The van der Waals surface area contributed by atoms with E-state index in [1.165, 1.54) is 24.8 Å². The molecule has 0 unspecified atom stereocenters. The number of benzene rings is 2. The molecule has 10 heteroatoms. The molecule has 256 valence electrons. The van der Waals surface area contributed by atoms with Crippen molar-refractivity contribution in [2.24, 2.45) is 0 Å². The van der Waals surface area contributed by atoms with Crippen molar-refractivity contribution < 1.29 is 19.1 Å². The first-order chi connectivity index (χ1) is 22.8. The summed E-state index contributed by atoms with van der Waals surface area (Å²) in [5.74, 6) is -0.121. The van der Waals surface area contributed by atoms with Gasteiger partial charge in [-0.05, 0) is 100 Å². The minimum absolute atomic E-state index is 0.0527. The van der Waals surface area contributed by atoms with E-state index in [2.05, 4.69) is 16.3 Å². The number of ether oxygens (including phenoxy) is 1. The lowest BCUT2D eigenvalue weighted by molar-refractivity contribution is -0.142. The minimum Gasteiger partial charge on any atom is -0.436 e. The van der Waals surface area contributed by atoms with Crippen molar-refractivity contribution in [1.82, 2.24) is 19.6 Å². The Morgan fingerprint density at radius 1 is 0.957 bits per heavy atom. The molecule has 1 atom stereocenters. The van der Waals surface area contributed by atoms with E-state index in [0.717, 1.165) is 61.1 Å². The van der Waals surface area contributed by atoms with Crippen LogP contribution in [-0.2, 0) is 27.2 Å². The number of amides is 3. The number of carbonyl (C=O) groups excluding carboxylic acids is 3. The molecule has 0 aromatic heterocycles. The van der Waals surface area contributed by atoms with Crippen molar-refractivity contribution in [1.29, 1.82) is 0 Å². The van der Waals surface area contributed by atoms with Gasteiger partial charge in [0.15, 0.2) is 6.10 Å². The Balaban J connectivity index is 1.20. The fourth-order valence-electron chi connectivity index (χ4n) is 7.61. The summed E-state index contributed by atoms with van der Waals surface area (Å²) in [6.45, 7) is 9.14. The molecule has 1 N–H and O–H groups in total. The summed E-state index contributed by atoms with van der Waals surface area (Å²) in [4.78, 5) is 47.7. The van der Waals surface area contributed by atoms with Crippen LogP contribution in [0.4, 0.5) is 10.5 Å². The van der Waals surface area contributed by atoms with Crippen LogP contribution in [0.1, 0.15) is 67.2 Å². The van der Waals surface area contributed by atoms with Gasteiger partial charge in [0.2, 0.25) is 6.41 Å². The fourth-order valence-corrected chi connectivity index (χ4v) is 7.72. The molecule has 3 heterocycles. The Kier molecular flexibility index (Phi) is 12.4. The highest BCUT2D eigenvalue weighted by Crippen LogP contribution is 2.26. The molecule has 0 radical (unpaired) electrons. The van der Waals surface area contributed by atoms with Crippen molar-refractivity contribution in [3.63, 3.8) is 0 Å². The van der Waals surface area contributed by atoms with Crippen LogP contribution >= 0.6 is 11.6 Å². The standard InChI is InChI=1S/C37H52ClN5O4/c1-27-23-29(24-28(2)35(27)38)25-34(36(45)41-19-12-31(13-20-41)40-16-7-4-8-17-40)47-37(46)42-21-14-32(15-22-42)43(26-44)18-11-30-9-5-6-10-33(30)39-3/h5-6,9-10,23-24,26,31-32,34,39H,4,7-8,11-22,25H2,1-3H3/t34-/m1/s1. The van der Waals surface area contributed by atoms with Crippen LogP contribution in [0.15, 0.2) is 36.4 Å². The molecule has 3 fully saturated rings. The zero-order chi connectivity index (χ0) is 33.3. The third kappa shape index (κ3) is 8.99. The Bertz CT molecular complexity index is 1340. The summed E-state index contributed by atoms with van der Waals surface area (Å²) in [7, 11) is 1.90. The van der Waals surface area contributed by atoms with E-state index in [1.807, 2.05) is 61.0 Å². The van der Waals surface area contributed by atoms with Crippen molar-refractivity contribution >= 4 is 35.7 Å². The highest BCUT2D eigenvalue weighted by molar-refractivity contribution is 6.32. The van der Waals surface area contributed by atoms with E-state index in [4.69, 9.17) is 16.3 Å². The first-order valence-corrected chi connectivity index (χ1v) is 17.9. The number of hydrogen-bond donors (Lipinski definition) is 1. The molecule has 0 aliphatic carbocycles. The molecule has 47 heavy (non-hydrogen) atoms. The number of para-hydroxylation sites is 1. The van der Waals surface area contributed by atoms with Crippen LogP contribution in [0.2, 0.25) is 5.02 Å². The first kappa shape index (κ1) is 35.0. The molecule has 2 aromatic carbocycles. The Morgan fingerprint density at radius 2 is 1.60 bits per heavy atom. The SMILES string of the molecule is CNc1ccccc1CCN(C=O)C1CCN(C(=O)O[C@H](Cc2cc(C)c(Cl)c(C)c2)C(=O)N2CCC(N3CCCCC3)CC2)CC1. The number of carbonyl (C=O) groups is 3. The van der Waals surface area contributed by atoms with Gasteiger partial charge in [-0.25, -0.2) is 4.79 Å². The second kappa shape index (κ2) is 16.7.